The van der Waals surface area contributed by atoms with E-state index < -0.39 is 72.0 Å². The molecule has 0 saturated heterocycles. The molecule has 0 aromatic carbocycles. The van der Waals surface area contributed by atoms with E-state index in [9.17, 15) is 0 Å². The van der Waals surface area contributed by atoms with Gasteiger partial charge in [0.2, 0.25) is 0 Å². The summed E-state index contributed by atoms with van der Waals surface area (Å²) in [5.74, 6) is 0. The fourth-order valence-electron chi connectivity index (χ4n) is 10.1. The monoisotopic (exact) mass is 942 g/mol. The number of hydrogen-bond acceptors (Lipinski definition) is 3. The molecule has 0 N–H and O–H groups in total. The van der Waals surface area contributed by atoms with Gasteiger partial charge in [-0.15, -0.1) is 0 Å². The molecule has 0 rings (SSSR count). The molecule has 0 unspecified atom stereocenters. The van der Waals surface area contributed by atoms with Crippen molar-refractivity contribution in [3.05, 3.63) is 0 Å². The number of rotatable bonds is 27. The molecule has 0 aliphatic carbocycles. The molecule has 0 saturated carbocycles. The zero-order valence-electron chi connectivity index (χ0n) is 35.5. The van der Waals surface area contributed by atoms with Crippen molar-refractivity contribution >= 4 is 72.0 Å². The summed E-state index contributed by atoms with van der Waals surface area (Å²) in [4.78, 5) is 0. The molecule has 10 heteroatoms. The predicted octanol–water partition coefficient (Wildman–Crippen LogP) is 13.9. The fourth-order valence-corrected chi connectivity index (χ4v) is 125. The van der Waals surface area contributed by atoms with Crippen LogP contribution in [-0.2, 0) is 0 Å². The molecule has 0 bridgehead atoms. The topological polar surface area (TPSA) is 9.72 Å². The van der Waals surface area contributed by atoms with Gasteiger partial charge in [0.25, 0.3) is 0 Å². The van der Waals surface area contributed by atoms with Gasteiger partial charge in [-0.3, -0.25) is 0 Å². The summed E-state index contributed by atoms with van der Waals surface area (Å²) < 4.78 is 11.8. The molecule has 278 valence electrons. The second-order valence-corrected chi connectivity index (χ2v) is 62.3. The van der Waals surface area contributed by atoms with Gasteiger partial charge in [-0.1, -0.05) is 0 Å². The van der Waals surface area contributed by atoms with Crippen molar-refractivity contribution in [2.45, 2.75) is 233 Å². The summed E-state index contributed by atoms with van der Waals surface area (Å²) in [7, 11) is -10.3. The van der Waals surface area contributed by atoms with Gasteiger partial charge >= 0.3 is 312 Å². The molecule has 0 aliphatic rings. The van der Waals surface area contributed by atoms with Crippen molar-refractivity contribution in [2.75, 3.05) is 0 Å². The van der Waals surface area contributed by atoms with E-state index in [0.29, 0.717) is 0 Å². The van der Waals surface area contributed by atoms with Crippen molar-refractivity contribution in [1.82, 2.24) is 6.52 Å². The van der Waals surface area contributed by atoms with E-state index in [2.05, 4.69) is 131 Å². The van der Waals surface area contributed by atoms with Crippen molar-refractivity contribution in [2.24, 2.45) is 0 Å². The summed E-state index contributed by atoms with van der Waals surface area (Å²) in [5.41, 5.74) is 0. The van der Waals surface area contributed by atoms with Crippen LogP contribution < -0.4 is 0 Å². The molecular formula is C36H90BiN3Si6. The van der Waals surface area contributed by atoms with Gasteiger partial charge < -0.3 is 0 Å². The molecule has 0 aliphatic heterocycles. The first-order valence-corrected chi connectivity index (χ1v) is 41.1. The van der Waals surface area contributed by atoms with Crippen LogP contribution in [0.3, 0.4) is 0 Å². The van der Waals surface area contributed by atoms with Crippen LogP contribution in [0.5, 0.6) is 0 Å². The van der Waals surface area contributed by atoms with Gasteiger partial charge in [0.05, 0.1) is 0 Å². The molecule has 0 aromatic heterocycles. The molecule has 46 heavy (non-hydrogen) atoms. The van der Waals surface area contributed by atoms with Crippen LogP contribution in [0.15, 0.2) is 0 Å². The second kappa shape index (κ2) is 21.6. The Morgan fingerprint density at radius 3 is 0.370 bits per heavy atom. The van der Waals surface area contributed by atoms with Crippen molar-refractivity contribution in [3.63, 3.8) is 0 Å². The average molecular weight is 943 g/mol. The number of nitrogens with zero attached hydrogens (tertiary/aromatic N) is 3. The van der Waals surface area contributed by atoms with Gasteiger partial charge in [-0.2, -0.15) is 0 Å². The molecule has 0 amide bonds. The molecule has 0 heterocycles. The summed E-state index contributed by atoms with van der Waals surface area (Å²) in [6.45, 7) is 48.3. The maximum atomic E-state index is 3.92. The van der Waals surface area contributed by atoms with Crippen LogP contribution in [0.2, 0.25) is 109 Å². The van der Waals surface area contributed by atoms with Crippen LogP contribution in [0.1, 0.15) is 125 Å². The van der Waals surface area contributed by atoms with Crippen LogP contribution in [0, 0.1) is 0 Å². The van der Waals surface area contributed by atoms with Gasteiger partial charge in [0, 0.05) is 0 Å². The summed E-state index contributed by atoms with van der Waals surface area (Å²) in [6, 6.07) is 26.7. The van der Waals surface area contributed by atoms with Crippen LogP contribution in [-0.4, -0.2) is 78.6 Å². The molecule has 0 spiro atoms. The number of hydrogen-bond donors (Lipinski definition) is 0. The van der Waals surface area contributed by atoms with E-state index in [0.717, 1.165) is 0 Å². The zero-order valence-corrected chi connectivity index (χ0v) is 45.0. The van der Waals surface area contributed by atoms with Crippen molar-refractivity contribution in [3.8, 4) is 0 Å². The van der Waals surface area contributed by atoms with Crippen LogP contribution >= 0.6 is 0 Å². The Hall–Kier alpha value is 2.06. The first-order chi connectivity index (χ1) is 21.8. The van der Waals surface area contributed by atoms with E-state index in [-0.39, 0.29) is 0 Å². The Morgan fingerprint density at radius 1 is 0.217 bits per heavy atom. The average Bonchev–Trinajstić information content (AvgIpc) is 3.12. The maximum absolute atomic E-state index is 3.92. The fraction of sp³-hybridized carbons (Fsp3) is 1.00. The summed E-state index contributed by atoms with van der Waals surface area (Å²) in [5, 5.41) is 0. The van der Waals surface area contributed by atoms with Gasteiger partial charge in [0.1, 0.15) is 0 Å². The molecule has 0 fully saturated rings. The van der Waals surface area contributed by atoms with E-state index in [1.165, 1.54) is 109 Å². The quantitative estimate of drug-likeness (QED) is 0.0760. The molecule has 3 nitrogen and oxygen atoms in total. The first kappa shape index (κ1) is 48.1. The minimum atomic E-state index is -2.88. The zero-order chi connectivity index (χ0) is 36.0. The second-order valence-electron chi connectivity index (χ2n) is 14.9. The Kier molecular flexibility index (Phi) is 22.5. The van der Waals surface area contributed by atoms with Crippen LogP contribution in [0.25, 0.3) is 0 Å². The molecule has 0 atom stereocenters. The molecular weight excluding hydrogens is 852 g/mol. The van der Waals surface area contributed by atoms with Crippen molar-refractivity contribution in [1.29, 1.82) is 0 Å². The SMILES string of the molecule is CC[Si](CC)(CC)[N]([Bi]([N]([Si](CC)(CC)CC)[Si](CC)(CC)CC)[N]([Si](CC)(CC)CC)[Si](CC)(CC)CC)[Si](CC)(CC)CC. The third-order valence-electron chi connectivity index (χ3n) is 15.1. The third-order valence-corrected chi connectivity index (χ3v) is 96.0. The Bertz CT molecular complexity index is 595. The predicted molar refractivity (Wildman–Crippen MR) is 234 cm³/mol. The van der Waals surface area contributed by atoms with Gasteiger partial charge in [-0.05, 0) is 0 Å². The standard InChI is InChI=1S/3C12H30NSi2.Bi/c3*1-7-14(8-2,9-3)13-15(10-4,11-5)12-6;/h3*7-12H2,1-6H3;/q3*-1;+3. The van der Waals surface area contributed by atoms with Gasteiger partial charge in [0.15, 0.2) is 0 Å². The molecule has 0 radical (unpaired) electrons. The Balaban J connectivity index is 9.57. The van der Waals surface area contributed by atoms with E-state index in [1.54, 1.807) is 0 Å². The van der Waals surface area contributed by atoms with Crippen molar-refractivity contribution < 1.29 is 0 Å². The van der Waals surface area contributed by atoms with E-state index >= 15 is 0 Å². The normalized spacial score (nSPS) is 14.5. The Morgan fingerprint density at radius 2 is 0.304 bits per heavy atom. The van der Waals surface area contributed by atoms with E-state index in [1.807, 2.05) is 0 Å². The van der Waals surface area contributed by atoms with Gasteiger partial charge in [-0.25, -0.2) is 0 Å². The van der Waals surface area contributed by atoms with E-state index in [4.69, 9.17) is 0 Å². The summed E-state index contributed by atoms with van der Waals surface area (Å²) in [6.07, 6.45) is 0. The minimum absolute atomic E-state index is 1.48. The Labute approximate surface area is 309 Å². The molecule has 0 aromatic rings. The summed E-state index contributed by atoms with van der Waals surface area (Å²) >= 11 is -2.88. The third kappa shape index (κ3) is 8.64. The van der Waals surface area contributed by atoms with Crippen LogP contribution in [0.4, 0.5) is 0 Å². The first-order valence-electron chi connectivity index (χ1n) is 21.0.